The Bertz CT molecular complexity index is 422. The van der Waals surface area contributed by atoms with E-state index in [0.717, 1.165) is 6.54 Å². The van der Waals surface area contributed by atoms with Crippen molar-refractivity contribution < 1.29 is 0 Å². The van der Waals surface area contributed by atoms with Gasteiger partial charge >= 0.3 is 0 Å². The van der Waals surface area contributed by atoms with Gasteiger partial charge in [0.2, 0.25) is 0 Å². The summed E-state index contributed by atoms with van der Waals surface area (Å²) in [5, 5.41) is 6.64. The van der Waals surface area contributed by atoms with Crippen LogP contribution in [0.4, 0.5) is 0 Å². The summed E-state index contributed by atoms with van der Waals surface area (Å²) in [6.45, 7) is 0.935. The standard InChI is InChI=1S/C10H10BrNS/c1-12-5-7-3-2-4-8-9(11)6-13-10(7)8/h2-4,6,12H,5H2,1H3. The smallest absolute Gasteiger partial charge is 0.0399 e. The van der Waals surface area contributed by atoms with E-state index in [2.05, 4.69) is 44.8 Å². The molecule has 0 saturated heterocycles. The van der Waals surface area contributed by atoms with Crippen molar-refractivity contribution in [2.75, 3.05) is 7.05 Å². The fraction of sp³-hybridized carbons (Fsp3) is 0.200. The van der Waals surface area contributed by atoms with Gasteiger partial charge in [-0.2, -0.15) is 0 Å². The lowest BCUT2D eigenvalue weighted by molar-refractivity contribution is 0.824. The molecule has 3 heteroatoms. The third-order valence-corrected chi connectivity index (χ3v) is 4.03. The van der Waals surface area contributed by atoms with Crippen LogP contribution in [0.5, 0.6) is 0 Å². The molecule has 0 amide bonds. The Kier molecular flexibility index (Phi) is 2.67. The van der Waals surface area contributed by atoms with E-state index in [0.29, 0.717) is 0 Å². The normalized spacial score (nSPS) is 10.9. The molecule has 2 aromatic rings. The molecule has 0 fully saturated rings. The molecule has 0 radical (unpaired) electrons. The van der Waals surface area contributed by atoms with E-state index in [4.69, 9.17) is 0 Å². The summed E-state index contributed by atoms with van der Waals surface area (Å²) in [6, 6.07) is 6.42. The number of rotatable bonds is 2. The van der Waals surface area contributed by atoms with E-state index in [-0.39, 0.29) is 0 Å². The zero-order valence-corrected chi connectivity index (χ0v) is 9.71. The molecule has 0 aliphatic carbocycles. The highest BCUT2D eigenvalue weighted by atomic mass is 79.9. The fourth-order valence-electron chi connectivity index (χ4n) is 1.42. The van der Waals surface area contributed by atoms with Crippen molar-refractivity contribution in [1.29, 1.82) is 0 Å². The Hall–Kier alpha value is -0.380. The fourth-order valence-corrected chi connectivity index (χ4v) is 3.10. The second-order valence-corrected chi connectivity index (χ2v) is 4.64. The molecule has 2 rings (SSSR count). The number of benzene rings is 1. The van der Waals surface area contributed by atoms with Gasteiger partial charge in [-0.15, -0.1) is 11.3 Å². The van der Waals surface area contributed by atoms with Crippen LogP contribution in [-0.2, 0) is 6.54 Å². The molecule has 68 valence electrons. The van der Waals surface area contributed by atoms with E-state index in [1.807, 2.05) is 7.05 Å². The Morgan fingerprint density at radius 2 is 2.31 bits per heavy atom. The molecular weight excluding hydrogens is 246 g/mol. The van der Waals surface area contributed by atoms with Crippen LogP contribution in [0.3, 0.4) is 0 Å². The molecule has 0 aliphatic rings. The summed E-state index contributed by atoms with van der Waals surface area (Å²) in [4.78, 5) is 0. The molecule has 0 atom stereocenters. The minimum absolute atomic E-state index is 0.935. The molecular formula is C10H10BrNS. The first kappa shape index (κ1) is 9.19. The molecule has 1 N–H and O–H groups in total. The highest BCUT2D eigenvalue weighted by Gasteiger charge is 2.04. The average molecular weight is 256 g/mol. The van der Waals surface area contributed by atoms with Gasteiger partial charge in [-0.05, 0) is 28.5 Å². The number of fused-ring (bicyclic) bond motifs is 1. The van der Waals surface area contributed by atoms with E-state index < -0.39 is 0 Å². The Labute approximate surface area is 89.9 Å². The molecule has 0 spiro atoms. The zero-order chi connectivity index (χ0) is 9.26. The Balaban J connectivity index is 2.63. The van der Waals surface area contributed by atoms with Gasteiger partial charge in [0, 0.05) is 26.5 Å². The van der Waals surface area contributed by atoms with E-state index >= 15 is 0 Å². The van der Waals surface area contributed by atoms with Crippen molar-refractivity contribution in [3.63, 3.8) is 0 Å². The summed E-state index contributed by atoms with van der Waals surface area (Å²) in [6.07, 6.45) is 0. The first-order chi connectivity index (χ1) is 6.33. The molecule has 1 heterocycles. The lowest BCUT2D eigenvalue weighted by atomic mass is 10.2. The van der Waals surface area contributed by atoms with E-state index in [9.17, 15) is 0 Å². The highest BCUT2D eigenvalue weighted by molar-refractivity contribution is 9.10. The zero-order valence-electron chi connectivity index (χ0n) is 7.30. The van der Waals surface area contributed by atoms with Gasteiger partial charge in [0.1, 0.15) is 0 Å². The molecule has 0 saturated carbocycles. The summed E-state index contributed by atoms with van der Waals surface area (Å²) in [5.74, 6) is 0. The topological polar surface area (TPSA) is 12.0 Å². The number of hydrogen-bond donors (Lipinski definition) is 1. The van der Waals surface area contributed by atoms with Gasteiger partial charge in [-0.25, -0.2) is 0 Å². The molecule has 0 unspecified atom stereocenters. The van der Waals surface area contributed by atoms with Crippen LogP contribution in [0.1, 0.15) is 5.56 Å². The molecule has 0 bridgehead atoms. The lowest BCUT2D eigenvalue weighted by Crippen LogP contribution is -2.04. The predicted molar refractivity (Wildman–Crippen MR) is 62.3 cm³/mol. The van der Waals surface area contributed by atoms with Crippen LogP contribution >= 0.6 is 27.3 Å². The summed E-state index contributed by atoms with van der Waals surface area (Å²) in [5.41, 5.74) is 1.37. The molecule has 1 nitrogen and oxygen atoms in total. The first-order valence-corrected chi connectivity index (χ1v) is 5.79. The molecule has 13 heavy (non-hydrogen) atoms. The van der Waals surface area contributed by atoms with Crippen LogP contribution in [0, 0.1) is 0 Å². The van der Waals surface area contributed by atoms with Crippen LogP contribution in [0.15, 0.2) is 28.1 Å². The van der Waals surface area contributed by atoms with Crippen LogP contribution in [-0.4, -0.2) is 7.05 Å². The number of halogens is 1. The monoisotopic (exact) mass is 255 g/mol. The second kappa shape index (κ2) is 3.78. The van der Waals surface area contributed by atoms with Crippen molar-refractivity contribution in [2.45, 2.75) is 6.54 Å². The highest BCUT2D eigenvalue weighted by Crippen LogP contribution is 2.32. The minimum atomic E-state index is 0.935. The van der Waals surface area contributed by atoms with Crippen LogP contribution in [0.2, 0.25) is 0 Å². The second-order valence-electron chi connectivity index (χ2n) is 2.91. The van der Waals surface area contributed by atoms with Crippen molar-refractivity contribution in [2.24, 2.45) is 0 Å². The van der Waals surface area contributed by atoms with Gasteiger partial charge in [0.25, 0.3) is 0 Å². The van der Waals surface area contributed by atoms with Crippen molar-refractivity contribution >= 4 is 37.4 Å². The third kappa shape index (κ3) is 1.64. The number of hydrogen-bond acceptors (Lipinski definition) is 2. The lowest BCUT2D eigenvalue weighted by Gasteiger charge is -2.00. The maximum absolute atomic E-state index is 3.54. The average Bonchev–Trinajstić information content (AvgIpc) is 2.50. The van der Waals surface area contributed by atoms with E-state index in [1.165, 1.54) is 20.1 Å². The number of nitrogens with one attached hydrogen (secondary N) is 1. The molecule has 0 aliphatic heterocycles. The van der Waals surface area contributed by atoms with Crippen molar-refractivity contribution in [3.8, 4) is 0 Å². The third-order valence-electron chi connectivity index (χ3n) is 2.00. The van der Waals surface area contributed by atoms with E-state index in [1.54, 1.807) is 11.3 Å². The van der Waals surface area contributed by atoms with Crippen molar-refractivity contribution in [1.82, 2.24) is 5.32 Å². The van der Waals surface area contributed by atoms with Crippen molar-refractivity contribution in [3.05, 3.63) is 33.6 Å². The summed E-state index contributed by atoms with van der Waals surface area (Å²) >= 11 is 5.34. The predicted octanol–water partition coefficient (Wildman–Crippen LogP) is 3.38. The Morgan fingerprint density at radius 3 is 3.08 bits per heavy atom. The molecule has 1 aromatic carbocycles. The Morgan fingerprint density at radius 1 is 1.46 bits per heavy atom. The maximum Gasteiger partial charge on any atom is 0.0399 e. The number of thiophene rings is 1. The molecule has 1 aromatic heterocycles. The maximum atomic E-state index is 3.54. The van der Waals surface area contributed by atoms with Gasteiger partial charge in [-0.1, -0.05) is 18.2 Å². The van der Waals surface area contributed by atoms with Crippen LogP contribution in [0.25, 0.3) is 10.1 Å². The van der Waals surface area contributed by atoms with Gasteiger partial charge in [-0.3, -0.25) is 0 Å². The quantitative estimate of drug-likeness (QED) is 0.868. The summed E-state index contributed by atoms with van der Waals surface area (Å²) in [7, 11) is 1.97. The summed E-state index contributed by atoms with van der Waals surface area (Å²) < 4.78 is 2.58. The van der Waals surface area contributed by atoms with Gasteiger partial charge in [0.05, 0.1) is 0 Å². The van der Waals surface area contributed by atoms with Gasteiger partial charge in [0.15, 0.2) is 0 Å². The minimum Gasteiger partial charge on any atom is -0.316 e. The SMILES string of the molecule is CNCc1cccc2c(Br)csc12. The van der Waals surface area contributed by atoms with Crippen LogP contribution < -0.4 is 5.32 Å². The first-order valence-electron chi connectivity index (χ1n) is 4.12. The largest absolute Gasteiger partial charge is 0.316 e. The van der Waals surface area contributed by atoms with Gasteiger partial charge < -0.3 is 5.32 Å².